The molecule has 0 saturated carbocycles. The lowest BCUT2D eigenvalue weighted by Crippen LogP contribution is -2.51. The van der Waals surface area contributed by atoms with Crippen LogP contribution < -0.4 is 10.2 Å². The maximum absolute atomic E-state index is 14.5. The van der Waals surface area contributed by atoms with Crippen LogP contribution in [-0.2, 0) is 4.74 Å². The van der Waals surface area contributed by atoms with Gasteiger partial charge in [0.15, 0.2) is 0 Å². The monoisotopic (exact) mass is 448 g/mol. The van der Waals surface area contributed by atoms with Crippen LogP contribution in [0.2, 0.25) is 0 Å². The number of nitrogens with zero attached hydrogens (tertiary/aromatic N) is 3. The van der Waals surface area contributed by atoms with Crippen molar-refractivity contribution >= 4 is 23.3 Å². The summed E-state index contributed by atoms with van der Waals surface area (Å²) in [5, 5.41) is 2.67. The van der Waals surface area contributed by atoms with E-state index in [0.717, 1.165) is 18.2 Å². The SMILES string of the molecule is O=C(Nc1ccc(N2CCOCC2)c(F)c1)N1CCN(C(=O)c2cc(F)ccc2F)CC1. The molecule has 0 aromatic heterocycles. The molecule has 2 aromatic carbocycles. The quantitative estimate of drug-likeness (QED) is 0.785. The molecule has 2 aromatic rings. The molecule has 32 heavy (non-hydrogen) atoms. The Kier molecular flexibility index (Phi) is 6.50. The van der Waals surface area contributed by atoms with Gasteiger partial charge in [-0.25, -0.2) is 18.0 Å². The Morgan fingerprint density at radius 3 is 2.19 bits per heavy atom. The number of carbonyl (C=O) groups is 2. The maximum Gasteiger partial charge on any atom is 0.321 e. The zero-order chi connectivity index (χ0) is 22.7. The smallest absolute Gasteiger partial charge is 0.321 e. The molecule has 0 unspecified atom stereocenters. The van der Waals surface area contributed by atoms with Gasteiger partial charge in [0, 0.05) is 45.0 Å². The Labute approximate surface area is 183 Å². The van der Waals surface area contributed by atoms with Gasteiger partial charge >= 0.3 is 6.03 Å². The van der Waals surface area contributed by atoms with E-state index in [9.17, 15) is 22.8 Å². The van der Waals surface area contributed by atoms with E-state index in [1.54, 1.807) is 12.1 Å². The second-order valence-corrected chi connectivity index (χ2v) is 7.60. The number of benzene rings is 2. The molecule has 4 rings (SSSR count). The topological polar surface area (TPSA) is 65.1 Å². The summed E-state index contributed by atoms with van der Waals surface area (Å²) in [6, 6.07) is 6.84. The average molecular weight is 448 g/mol. The molecular weight excluding hydrogens is 425 g/mol. The number of hydrogen-bond acceptors (Lipinski definition) is 4. The van der Waals surface area contributed by atoms with Gasteiger partial charge in [-0.1, -0.05) is 0 Å². The average Bonchev–Trinajstić information content (AvgIpc) is 2.81. The number of nitrogens with one attached hydrogen (secondary N) is 1. The highest BCUT2D eigenvalue weighted by Crippen LogP contribution is 2.24. The first-order chi connectivity index (χ1) is 15.4. The zero-order valence-electron chi connectivity index (χ0n) is 17.3. The summed E-state index contributed by atoms with van der Waals surface area (Å²) in [5.41, 5.74) is 0.451. The summed E-state index contributed by atoms with van der Waals surface area (Å²) in [5.74, 6) is -2.54. The number of piperazine rings is 1. The predicted molar refractivity (Wildman–Crippen MR) is 112 cm³/mol. The number of anilines is 2. The molecule has 0 bridgehead atoms. The van der Waals surface area contributed by atoms with Crippen LogP contribution in [0.25, 0.3) is 0 Å². The van der Waals surface area contributed by atoms with Crippen molar-refractivity contribution in [1.29, 1.82) is 0 Å². The molecule has 0 radical (unpaired) electrons. The van der Waals surface area contributed by atoms with Gasteiger partial charge in [0.2, 0.25) is 0 Å². The molecule has 7 nitrogen and oxygen atoms in total. The maximum atomic E-state index is 14.5. The number of morpholine rings is 1. The van der Waals surface area contributed by atoms with Crippen molar-refractivity contribution in [2.75, 3.05) is 62.7 Å². The van der Waals surface area contributed by atoms with E-state index in [-0.39, 0.29) is 31.7 Å². The highest BCUT2D eigenvalue weighted by Gasteiger charge is 2.27. The molecule has 1 N–H and O–H groups in total. The van der Waals surface area contributed by atoms with Crippen LogP contribution in [0.4, 0.5) is 29.3 Å². The molecule has 2 aliphatic rings. The highest BCUT2D eigenvalue weighted by molar-refractivity contribution is 5.95. The Morgan fingerprint density at radius 2 is 1.50 bits per heavy atom. The number of ether oxygens (including phenoxy) is 1. The summed E-state index contributed by atoms with van der Waals surface area (Å²) in [4.78, 5) is 29.8. The van der Waals surface area contributed by atoms with Crippen molar-refractivity contribution in [2.24, 2.45) is 0 Å². The van der Waals surface area contributed by atoms with E-state index in [4.69, 9.17) is 4.74 Å². The Hall–Kier alpha value is -3.27. The van der Waals surface area contributed by atoms with Crippen molar-refractivity contribution < 1.29 is 27.5 Å². The number of halogens is 3. The fourth-order valence-electron chi connectivity index (χ4n) is 3.79. The lowest BCUT2D eigenvalue weighted by molar-refractivity contribution is 0.0666. The highest BCUT2D eigenvalue weighted by atomic mass is 19.1. The minimum absolute atomic E-state index is 0.173. The van der Waals surface area contributed by atoms with Crippen LogP contribution in [-0.4, -0.2) is 74.2 Å². The number of rotatable bonds is 3. The van der Waals surface area contributed by atoms with E-state index in [0.29, 0.717) is 37.7 Å². The third kappa shape index (κ3) is 4.80. The van der Waals surface area contributed by atoms with Gasteiger partial charge in [-0.3, -0.25) is 4.79 Å². The van der Waals surface area contributed by atoms with E-state index >= 15 is 0 Å². The van der Waals surface area contributed by atoms with Crippen LogP contribution in [0, 0.1) is 17.5 Å². The van der Waals surface area contributed by atoms with Crippen LogP contribution in [0.15, 0.2) is 36.4 Å². The van der Waals surface area contributed by atoms with Crippen LogP contribution in [0.1, 0.15) is 10.4 Å². The molecule has 170 valence electrons. The summed E-state index contributed by atoms with van der Waals surface area (Å²) >= 11 is 0. The third-order valence-electron chi connectivity index (χ3n) is 5.56. The van der Waals surface area contributed by atoms with Gasteiger partial charge in [0.25, 0.3) is 5.91 Å². The van der Waals surface area contributed by atoms with Crippen LogP contribution in [0.3, 0.4) is 0 Å². The minimum atomic E-state index is -0.792. The van der Waals surface area contributed by atoms with Crippen LogP contribution >= 0.6 is 0 Å². The predicted octanol–water partition coefficient (Wildman–Crippen LogP) is 2.93. The third-order valence-corrected chi connectivity index (χ3v) is 5.56. The van der Waals surface area contributed by atoms with E-state index < -0.39 is 29.4 Å². The van der Waals surface area contributed by atoms with E-state index in [1.807, 2.05) is 4.90 Å². The van der Waals surface area contributed by atoms with Crippen molar-refractivity contribution in [1.82, 2.24) is 9.80 Å². The standard InChI is InChI=1S/C22H23F3N4O3/c23-15-1-3-18(24)17(13-15)21(30)28-5-7-29(8-6-28)22(31)26-16-2-4-20(19(25)14-16)27-9-11-32-12-10-27/h1-4,13-14H,5-12H2,(H,26,31). The van der Waals surface area contributed by atoms with Gasteiger partial charge in [-0.2, -0.15) is 0 Å². The first-order valence-corrected chi connectivity index (χ1v) is 10.3. The Morgan fingerprint density at radius 1 is 0.812 bits per heavy atom. The van der Waals surface area contributed by atoms with Gasteiger partial charge in [-0.05, 0) is 36.4 Å². The molecular formula is C22H23F3N4O3. The number of hydrogen-bond donors (Lipinski definition) is 1. The molecule has 0 atom stereocenters. The summed E-state index contributed by atoms with van der Waals surface area (Å²) in [7, 11) is 0. The Bertz CT molecular complexity index is 1010. The van der Waals surface area contributed by atoms with Gasteiger partial charge in [0.05, 0.1) is 24.5 Å². The normalized spacial score (nSPS) is 16.8. The fraction of sp³-hybridized carbons (Fsp3) is 0.364. The van der Waals surface area contributed by atoms with E-state index in [1.165, 1.54) is 15.9 Å². The number of urea groups is 1. The molecule has 2 saturated heterocycles. The minimum Gasteiger partial charge on any atom is -0.378 e. The first-order valence-electron chi connectivity index (χ1n) is 10.3. The second kappa shape index (κ2) is 9.47. The van der Waals surface area contributed by atoms with Crippen molar-refractivity contribution in [3.05, 3.63) is 59.4 Å². The summed E-state index contributed by atoms with van der Waals surface area (Å²) < 4.78 is 47.1. The lowest BCUT2D eigenvalue weighted by atomic mass is 10.1. The molecule has 2 fully saturated rings. The van der Waals surface area contributed by atoms with Gasteiger partial charge in [-0.15, -0.1) is 0 Å². The van der Waals surface area contributed by atoms with Gasteiger partial charge in [0.1, 0.15) is 17.5 Å². The molecule has 0 aliphatic carbocycles. The number of carbonyl (C=O) groups excluding carboxylic acids is 2. The summed E-state index contributed by atoms with van der Waals surface area (Å²) in [6.45, 7) is 3.05. The lowest BCUT2D eigenvalue weighted by Gasteiger charge is -2.34. The Balaban J connectivity index is 1.33. The zero-order valence-corrected chi connectivity index (χ0v) is 17.3. The van der Waals surface area contributed by atoms with Crippen molar-refractivity contribution in [2.45, 2.75) is 0 Å². The molecule has 10 heteroatoms. The van der Waals surface area contributed by atoms with Gasteiger partial charge < -0.3 is 24.8 Å². The van der Waals surface area contributed by atoms with E-state index in [2.05, 4.69) is 5.32 Å². The second-order valence-electron chi connectivity index (χ2n) is 7.60. The van der Waals surface area contributed by atoms with Crippen molar-refractivity contribution in [3.8, 4) is 0 Å². The number of amides is 3. The van der Waals surface area contributed by atoms with Crippen molar-refractivity contribution in [3.63, 3.8) is 0 Å². The fourth-order valence-corrected chi connectivity index (χ4v) is 3.79. The molecule has 3 amide bonds. The first kappa shape index (κ1) is 21.9. The molecule has 2 aliphatic heterocycles. The van der Waals surface area contributed by atoms with Crippen LogP contribution in [0.5, 0.6) is 0 Å². The molecule has 2 heterocycles. The largest absolute Gasteiger partial charge is 0.378 e. The summed E-state index contributed by atoms with van der Waals surface area (Å²) in [6.07, 6.45) is 0. The molecule has 0 spiro atoms.